The van der Waals surface area contributed by atoms with E-state index in [1.807, 2.05) is 18.0 Å². The largest absolute Gasteiger partial charge is 0.386 e. The fraction of sp³-hybridized carbons (Fsp3) is 0.294. The zero-order chi connectivity index (χ0) is 14.7. The molecule has 0 bridgehead atoms. The molecule has 0 radical (unpaired) electrons. The van der Waals surface area contributed by atoms with Crippen molar-refractivity contribution < 1.29 is 5.11 Å². The number of aryl methyl sites for hydroxylation is 1. The van der Waals surface area contributed by atoms with Crippen LogP contribution in [0.25, 0.3) is 11.3 Å². The Labute approximate surface area is 132 Å². The van der Waals surface area contributed by atoms with Crippen molar-refractivity contribution in [2.24, 2.45) is 5.92 Å². The normalized spacial score (nSPS) is 25.6. The Balaban J connectivity index is 1.65. The molecular formula is C17H15N3OS. The molecule has 1 aliphatic heterocycles. The van der Waals surface area contributed by atoms with Crippen molar-refractivity contribution in [2.75, 3.05) is 0 Å². The number of benzene rings is 1. The second-order valence-corrected chi connectivity index (χ2v) is 6.97. The number of rotatable bonds is 1. The molecule has 1 aliphatic carbocycles. The number of aliphatic hydroxyl groups excluding tert-OH is 1. The number of hydrogen-bond acceptors (Lipinski definition) is 4. The van der Waals surface area contributed by atoms with Crippen LogP contribution in [-0.2, 0) is 6.42 Å². The molecule has 1 aromatic carbocycles. The summed E-state index contributed by atoms with van der Waals surface area (Å²) in [5.41, 5.74) is 6.41. The Morgan fingerprint density at radius 2 is 2.18 bits per heavy atom. The third-order valence-electron chi connectivity index (χ3n) is 4.99. The first kappa shape index (κ1) is 12.6. The van der Waals surface area contributed by atoms with Gasteiger partial charge in [-0.25, -0.2) is 9.97 Å². The van der Waals surface area contributed by atoms with Crippen LogP contribution in [0.3, 0.4) is 0 Å². The summed E-state index contributed by atoms with van der Waals surface area (Å²) in [4.78, 5) is 9.95. The van der Waals surface area contributed by atoms with Crippen molar-refractivity contribution in [3.8, 4) is 11.3 Å². The van der Waals surface area contributed by atoms with Crippen LogP contribution in [0.2, 0.25) is 0 Å². The highest BCUT2D eigenvalue weighted by Gasteiger charge is 2.41. The van der Waals surface area contributed by atoms with Gasteiger partial charge >= 0.3 is 0 Å². The van der Waals surface area contributed by atoms with Gasteiger partial charge < -0.3 is 9.67 Å². The van der Waals surface area contributed by atoms with Crippen molar-refractivity contribution >= 4 is 11.3 Å². The van der Waals surface area contributed by atoms with Gasteiger partial charge in [-0.1, -0.05) is 24.3 Å². The van der Waals surface area contributed by atoms with Gasteiger partial charge in [0.1, 0.15) is 6.10 Å². The molecule has 3 heterocycles. The monoisotopic (exact) mass is 309 g/mol. The topological polar surface area (TPSA) is 50.9 Å². The number of nitrogens with zero attached hydrogens (tertiary/aromatic N) is 3. The van der Waals surface area contributed by atoms with Gasteiger partial charge in [0.2, 0.25) is 0 Å². The maximum Gasteiger partial charge on any atom is 0.102 e. The van der Waals surface area contributed by atoms with Crippen LogP contribution in [0.5, 0.6) is 0 Å². The van der Waals surface area contributed by atoms with Gasteiger partial charge in [0.25, 0.3) is 0 Å². The highest BCUT2D eigenvalue weighted by molar-refractivity contribution is 7.09. The first-order chi connectivity index (χ1) is 10.8. The molecular weight excluding hydrogens is 294 g/mol. The molecule has 5 heteroatoms. The molecule has 0 spiro atoms. The quantitative estimate of drug-likeness (QED) is 0.751. The minimum Gasteiger partial charge on any atom is -0.386 e. The van der Waals surface area contributed by atoms with Gasteiger partial charge in [-0.05, 0) is 18.4 Å². The number of thiazole rings is 1. The molecule has 5 rings (SSSR count). The van der Waals surface area contributed by atoms with E-state index in [1.165, 1.54) is 16.0 Å². The molecule has 1 N–H and O–H groups in total. The zero-order valence-corrected chi connectivity index (χ0v) is 12.7. The molecule has 0 fully saturated rings. The molecule has 2 aromatic heterocycles. The van der Waals surface area contributed by atoms with Crippen molar-refractivity contribution in [2.45, 2.75) is 25.0 Å². The Bertz CT molecular complexity index is 853. The molecule has 4 nitrogen and oxygen atoms in total. The van der Waals surface area contributed by atoms with Crippen LogP contribution >= 0.6 is 11.3 Å². The number of hydrogen-bond donors (Lipinski definition) is 1. The van der Waals surface area contributed by atoms with E-state index >= 15 is 0 Å². The predicted molar refractivity (Wildman–Crippen MR) is 84.7 cm³/mol. The van der Waals surface area contributed by atoms with Crippen LogP contribution < -0.4 is 0 Å². The van der Waals surface area contributed by atoms with Crippen molar-refractivity contribution in [3.63, 3.8) is 0 Å². The van der Waals surface area contributed by atoms with Crippen LogP contribution in [0, 0.1) is 5.92 Å². The minimum atomic E-state index is -0.499. The molecule has 0 amide bonds. The summed E-state index contributed by atoms with van der Waals surface area (Å²) in [5.74, 6) is 0.145. The lowest BCUT2D eigenvalue weighted by Gasteiger charge is -2.33. The van der Waals surface area contributed by atoms with Gasteiger partial charge in [0.05, 0.1) is 35.5 Å². The highest BCUT2D eigenvalue weighted by Crippen LogP contribution is 2.49. The van der Waals surface area contributed by atoms with E-state index in [-0.39, 0.29) is 12.0 Å². The average molecular weight is 309 g/mol. The number of fused-ring (bicyclic) bond motifs is 4. The van der Waals surface area contributed by atoms with E-state index in [0.717, 1.165) is 24.2 Å². The van der Waals surface area contributed by atoms with Gasteiger partial charge in [0.15, 0.2) is 0 Å². The molecule has 3 atom stereocenters. The molecule has 0 saturated carbocycles. The molecule has 0 unspecified atom stereocenters. The fourth-order valence-corrected chi connectivity index (χ4v) is 4.83. The Morgan fingerprint density at radius 3 is 3.14 bits per heavy atom. The van der Waals surface area contributed by atoms with Crippen LogP contribution in [0.1, 0.15) is 34.7 Å². The van der Waals surface area contributed by atoms with Crippen LogP contribution in [0.4, 0.5) is 0 Å². The first-order valence-electron chi connectivity index (χ1n) is 7.56. The Hall–Kier alpha value is -1.98. The first-order valence-corrected chi connectivity index (χ1v) is 8.44. The summed E-state index contributed by atoms with van der Waals surface area (Å²) >= 11 is 1.66. The number of aliphatic hydroxyl groups is 1. The van der Waals surface area contributed by atoms with Gasteiger partial charge in [-0.3, -0.25) is 0 Å². The second kappa shape index (κ2) is 4.51. The van der Waals surface area contributed by atoms with Crippen molar-refractivity contribution in [1.82, 2.24) is 14.5 Å². The molecule has 110 valence electrons. The van der Waals surface area contributed by atoms with E-state index in [4.69, 9.17) is 0 Å². The van der Waals surface area contributed by atoms with E-state index in [9.17, 15) is 5.11 Å². The standard InChI is InChI=1S/C17H15N3OS/c21-17-12(5-6-14-15(17)19-9-22-14)16-11-4-2-1-3-10(11)13-7-18-8-20(13)16/h1-4,7-9,12,16-17,21H,5-6H2/t12-,16+,17-/m1/s1. The summed E-state index contributed by atoms with van der Waals surface area (Å²) in [7, 11) is 0. The lowest BCUT2D eigenvalue weighted by Crippen LogP contribution is -2.28. The highest BCUT2D eigenvalue weighted by atomic mass is 32.1. The van der Waals surface area contributed by atoms with Gasteiger partial charge in [0, 0.05) is 16.4 Å². The maximum absolute atomic E-state index is 10.9. The number of aromatic nitrogens is 3. The SMILES string of the molecule is O[C@H]1c2ncsc2CC[C@@H]1[C@@H]1c2ccccc2-c2cncn21. The van der Waals surface area contributed by atoms with E-state index in [1.54, 1.807) is 11.3 Å². The molecule has 2 aliphatic rings. The van der Waals surface area contributed by atoms with E-state index in [2.05, 4.69) is 38.8 Å². The van der Waals surface area contributed by atoms with Crippen LogP contribution in [0.15, 0.2) is 42.3 Å². The Morgan fingerprint density at radius 1 is 1.27 bits per heavy atom. The Kier molecular flexibility index (Phi) is 2.57. The third-order valence-corrected chi connectivity index (χ3v) is 5.90. The summed E-state index contributed by atoms with van der Waals surface area (Å²) in [5, 5.41) is 10.9. The lowest BCUT2D eigenvalue weighted by atomic mass is 9.80. The lowest BCUT2D eigenvalue weighted by molar-refractivity contribution is 0.0692. The molecule has 0 saturated heterocycles. The minimum absolute atomic E-state index is 0.145. The summed E-state index contributed by atoms with van der Waals surface area (Å²) < 4.78 is 2.22. The predicted octanol–water partition coefficient (Wildman–Crippen LogP) is 3.21. The maximum atomic E-state index is 10.9. The van der Waals surface area contributed by atoms with E-state index in [0.29, 0.717) is 0 Å². The van der Waals surface area contributed by atoms with Gasteiger partial charge in [-0.2, -0.15) is 0 Å². The number of imidazole rings is 1. The third kappa shape index (κ3) is 1.55. The molecule has 3 aromatic rings. The van der Waals surface area contributed by atoms with Crippen molar-refractivity contribution in [3.05, 3.63) is 58.4 Å². The van der Waals surface area contributed by atoms with Crippen LogP contribution in [-0.4, -0.2) is 19.6 Å². The average Bonchev–Trinajstić information content (AvgIpc) is 3.23. The molecule has 22 heavy (non-hydrogen) atoms. The summed E-state index contributed by atoms with van der Waals surface area (Å²) in [6, 6.07) is 8.62. The summed E-state index contributed by atoms with van der Waals surface area (Å²) in [6.07, 6.45) is 5.30. The van der Waals surface area contributed by atoms with Gasteiger partial charge in [-0.15, -0.1) is 11.3 Å². The summed E-state index contributed by atoms with van der Waals surface area (Å²) in [6.45, 7) is 0. The van der Waals surface area contributed by atoms with E-state index < -0.39 is 6.10 Å². The zero-order valence-electron chi connectivity index (χ0n) is 11.9. The second-order valence-electron chi connectivity index (χ2n) is 6.03. The fourth-order valence-electron chi connectivity index (χ4n) is 4.01. The van der Waals surface area contributed by atoms with Crippen molar-refractivity contribution in [1.29, 1.82) is 0 Å². The smallest absolute Gasteiger partial charge is 0.102 e.